The van der Waals surface area contributed by atoms with Crippen LogP contribution in [0.5, 0.6) is 0 Å². The van der Waals surface area contributed by atoms with Crippen LogP contribution in [0.3, 0.4) is 0 Å². The van der Waals surface area contributed by atoms with Gasteiger partial charge in [-0.15, -0.1) is 0 Å². The van der Waals surface area contributed by atoms with Crippen molar-refractivity contribution in [3.8, 4) is 0 Å². The van der Waals surface area contributed by atoms with Crippen molar-refractivity contribution in [2.75, 3.05) is 6.61 Å². The molecule has 412 valence electrons. The second-order valence-corrected chi connectivity index (χ2v) is 21.4. The van der Waals surface area contributed by atoms with E-state index in [2.05, 4.69) is 10.6 Å². The number of ketones is 1. The van der Waals surface area contributed by atoms with Gasteiger partial charge in [-0.3, -0.25) is 19.2 Å². The lowest BCUT2D eigenvalue weighted by atomic mass is 9.44. The average molecular weight is 1080 g/mol. The van der Waals surface area contributed by atoms with Crippen LogP contribution in [-0.2, 0) is 42.9 Å². The lowest BCUT2D eigenvalue weighted by molar-refractivity contribution is -0.346. The minimum atomic E-state index is -2.58. The third-order valence-electron chi connectivity index (χ3n) is 16.5. The fourth-order valence-electron chi connectivity index (χ4n) is 12.2. The molecule has 13 atom stereocenters. The quantitative estimate of drug-likeness (QED) is 0.0444. The van der Waals surface area contributed by atoms with Crippen LogP contribution in [-0.4, -0.2) is 122 Å². The Kier molecular flexibility index (Phi) is 15.6. The van der Waals surface area contributed by atoms with Crippen molar-refractivity contribution in [2.45, 2.75) is 113 Å². The molecule has 18 heteroatoms. The molecule has 1 heterocycles. The molecule has 13 unspecified atom stereocenters. The standard InChI is InChI=1S/C61H62N2O16/c1-34-41(76-56(72)47(66)45(36-21-11-6-12-22-36)62-53(69)38-25-15-8-16-26-38)32-61(74)52(78-55(71)40-29-19-10-20-30-40)50-59(5,42(65)31-43-60(50,33-75-43)79-35(2)64)51(68)49(44(34)58(61,3)4)77-57(73)48(67)46(37-23-13-7-14-24-37)63-54(70)39-27-17-9-18-28-39/h6-30,41-43,45-50,52,65-67,74H,31-33H2,1-5H3,(H,62,69)(H,63,70). The van der Waals surface area contributed by atoms with E-state index in [-0.39, 0.29) is 39.8 Å². The van der Waals surface area contributed by atoms with Crippen LogP contribution in [0, 0.1) is 16.7 Å². The predicted octanol–water partition coefficient (Wildman–Crippen LogP) is 5.25. The monoisotopic (exact) mass is 1080 g/mol. The molecule has 0 spiro atoms. The Morgan fingerprint density at radius 3 is 1.53 bits per heavy atom. The smallest absolute Gasteiger partial charge is 0.338 e. The number of amides is 2. The van der Waals surface area contributed by atoms with Crippen LogP contribution in [0.15, 0.2) is 163 Å². The van der Waals surface area contributed by atoms with Crippen molar-refractivity contribution in [3.63, 3.8) is 0 Å². The number of benzene rings is 5. The van der Waals surface area contributed by atoms with Gasteiger partial charge in [-0.25, -0.2) is 14.4 Å². The zero-order valence-electron chi connectivity index (χ0n) is 44.0. The number of aliphatic hydroxyl groups is 4. The molecule has 0 radical (unpaired) electrons. The molecule has 2 saturated carbocycles. The number of hydrogen-bond acceptors (Lipinski definition) is 16. The highest BCUT2D eigenvalue weighted by molar-refractivity contribution is 5.98. The maximum Gasteiger partial charge on any atom is 0.338 e. The number of nitrogens with one attached hydrogen (secondary N) is 2. The largest absolute Gasteiger partial charge is 0.456 e. The number of hydrogen-bond donors (Lipinski definition) is 6. The summed E-state index contributed by atoms with van der Waals surface area (Å²) in [6.45, 7) is 6.44. The van der Waals surface area contributed by atoms with Crippen LogP contribution in [0.2, 0.25) is 0 Å². The number of esters is 4. The molecule has 6 N–H and O–H groups in total. The summed E-state index contributed by atoms with van der Waals surface area (Å²) < 4.78 is 31.2. The molecule has 1 aliphatic heterocycles. The van der Waals surface area contributed by atoms with Gasteiger partial charge >= 0.3 is 23.9 Å². The van der Waals surface area contributed by atoms with Gasteiger partial charge in [0.2, 0.25) is 0 Å². The minimum Gasteiger partial charge on any atom is -0.456 e. The lowest BCUT2D eigenvalue weighted by Crippen LogP contribution is -2.82. The van der Waals surface area contributed by atoms with E-state index in [1.807, 2.05) is 0 Å². The van der Waals surface area contributed by atoms with Gasteiger partial charge < -0.3 is 54.7 Å². The molecule has 1 saturated heterocycles. The highest BCUT2D eigenvalue weighted by atomic mass is 16.6. The summed E-state index contributed by atoms with van der Waals surface area (Å²) in [4.78, 5) is 102. The first-order chi connectivity index (χ1) is 37.6. The molecule has 18 nitrogen and oxygen atoms in total. The Hall–Kier alpha value is -7.87. The first-order valence-corrected chi connectivity index (χ1v) is 26.0. The summed E-state index contributed by atoms with van der Waals surface area (Å²) in [5, 5.41) is 56.3. The Labute approximate surface area is 455 Å². The molecule has 79 heavy (non-hydrogen) atoms. The summed E-state index contributed by atoms with van der Waals surface area (Å²) in [5.41, 5.74) is -7.93. The maximum atomic E-state index is 16.4. The number of ether oxygens (including phenoxy) is 5. The van der Waals surface area contributed by atoms with Gasteiger partial charge in [0, 0.05) is 36.3 Å². The molecular formula is C61H62N2O16. The minimum absolute atomic E-state index is 0.00442. The van der Waals surface area contributed by atoms with E-state index < -0.39 is 137 Å². The predicted molar refractivity (Wildman–Crippen MR) is 281 cm³/mol. The third kappa shape index (κ3) is 10.1. The fourth-order valence-corrected chi connectivity index (χ4v) is 12.2. The van der Waals surface area contributed by atoms with E-state index in [1.165, 1.54) is 52.0 Å². The first kappa shape index (κ1) is 55.9. The van der Waals surface area contributed by atoms with E-state index in [0.29, 0.717) is 5.56 Å². The molecule has 5 aromatic carbocycles. The zero-order valence-corrected chi connectivity index (χ0v) is 44.0. The highest BCUT2D eigenvalue weighted by Gasteiger charge is 2.78. The zero-order chi connectivity index (χ0) is 56.6. The molecule has 0 aromatic heterocycles. The molecule has 3 fully saturated rings. The number of carbonyl (C=O) groups excluding carboxylic acids is 7. The lowest BCUT2D eigenvalue weighted by Gasteiger charge is -2.67. The van der Waals surface area contributed by atoms with Crippen molar-refractivity contribution in [1.82, 2.24) is 10.6 Å². The Morgan fingerprint density at radius 2 is 1.09 bits per heavy atom. The van der Waals surface area contributed by atoms with E-state index in [9.17, 15) is 44.4 Å². The second kappa shape index (κ2) is 22.1. The summed E-state index contributed by atoms with van der Waals surface area (Å²) in [7, 11) is 0. The number of aliphatic hydroxyl groups excluding tert-OH is 3. The van der Waals surface area contributed by atoms with E-state index in [4.69, 9.17) is 23.7 Å². The van der Waals surface area contributed by atoms with Crippen LogP contribution < -0.4 is 10.6 Å². The summed E-state index contributed by atoms with van der Waals surface area (Å²) in [5.74, 6) is -8.75. The van der Waals surface area contributed by atoms with Gasteiger partial charge in [0.05, 0.1) is 41.7 Å². The topological polar surface area (TPSA) is 271 Å². The third-order valence-corrected chi connectivity index (χ3v) is 16.5. The number of fused-ring (bicyclic) bond motifs is 5. The first-order valence-electron chi connectivity index (χ1n) is 26.0. The summed E-state index contributed by atoms with van der Waals surface area (Å²) in [6.07, 6.45) is -14.1. The fraction of sp³-hybridized carbons (Fsp3) is 0.361. The van der Waals surface area contributed by atoms with Crippen molar-refractivity contribution in [1.29, 1.82) is 0 Å². The van der Waals surface area contributed by atoms with Crippen molar-refractivity contribution in [2.24, 2.45) is 16.7 Å². The van der Waals surface area contributed by atoms with Gasteiger partial charge in [0.1, 0.15) is 23.9 Å². The van der Waals surface area contributed by atoms with Crippen molar-refractivity contribution >= 4 is 41.5 Å². The SMILES string of the molecule is CC(=O)OC12COC1CC(O)C1(C)C(=O)C(OC(=O)C(O)C(NC(=O)c3ccccc3)c3ccccc3)C3=C(C)C(OC(=O)C(O)C(NC(=O)c4ccccc4)c4ccccc4)CC(O)(C(OC(=O)c4ccccc4)C21)C3(C)C. The number of rotatable bonds is 15. The summed E-state index contributed by atoms with van der Waals surface area (Å²) in [6, 6.07) is 37.0. The Morgan fingerprint density at radius 1 is 0.646 bits per heavy atom. The van der Waals surface area contributed by atoms with Gasteiger partial charge in [-0.2, -0.15) is 0 Å². The molecule has 3 aliphatic carbocycles. The van der Waals surface area contributed by atoms with Gasteiger partial charge in [0.15, 0.2) is 29.7 Å². The van der Waals surface area contributed by atoms with Crippen molar-refractivity contribution in [3.05, 3.63) is 191 Å². The second-order valence-electron chi connectivity index (χ2n) is 21.4. The van der Waals surface area contributed by atoms with Gasteiger partial charge in [-0.1, -0.05) is 129 Å². The molecule has 4 aliphatic rings. The molecule has 2 bridgehead atoms. The van der Waals surface area contributed by atoms with Crippen LogP contribution in [0.25, 0.3) is 0 Å². The van der Waals surface area contributed by atoms with Crippen LogP contribution in [0.1, 0.15) is 102 Å². The molecule has 2 amide bonds. The normalized spacial score (nSPS) is 28.2. The van der Waals surface area contributed by atoms with E-state index in [0.717, 1.165) is 6.92 Å². The molecular weight excluding hydrogens is 1020 g/mol. The molecule has 5 aromatic rings. The summed E-state index contributed by atoms with van der Waals surface area (Å²) >= 11 is 0. The number of Topliss-reactive ketones (excluding diaryl/α,β-unsaturated/α-hetero) is 1. The number of carbonyl (C=O) groups is 7. The average Bonchev–Trinajstić information content (AvgIpc) is 2.82. The highest BCUT2D eigenvalue weighted by Crippen LogP contribution is 2.64. The van der Waals surface area contributed by atoms with Crippen molar-refractivity contribution < 1.29 is 77.7 Å². The van der Waals surface area contributed by atoms with Gasteiger partial charge in [-0.05, 0) is 72.5 Å². The van der Waals surface area contributed by atoms with E-state index in [1.54, 1.807) is 127 Å². The van der Waals surface area contributed by atoms with Gasteiger partial charge in [0.25, 0.3) is 11.8 Å². The van der Waals surface area contributed by atoms with Crippen LogP contribution in [0.4, 0.5) is 0 Å². The Balaban J connectivity index is 1.20. The van der Waals surface area contributed by atoms with Crippen LogP contribution >= 0.6 is 0 Å². The molecule has 9 rings (SSSR count). The Bertz CT molecular complexity index is 3140. The van der Waals surface area contributed by atoms with E-state index >= 15 is 9.59 Å². The maximum absolute atomic E-state index is 16.4.